The van der Waals surface area contributed by atoms with Crippen LogP contribution in [-0.2, 0) is 4.79 Å². The Labute approximate surface area is 152 Å². The predicted molar refractivity (Wildman–Crippen MR) is 94.5 cm³/mol. The monoisotopic (exact) mass is 374 g/mol. The maximum Gasteiger partial charge on any atom is 0.321 e. The van der Waals surface area contributed by atoms with Crippen molar-refractivity contribution in [3.8, 4) is 5.69 Å². The molecule has 3 amide bonds. The van der Waals surface area contributed by atoms with Crippen LogP contribution in [0.1, 0.15) is 6.92 Å². The molecule has 0 saturated heterocycles. The zero-order valence-electron chi connectivity index (χ0n) is 13.9. The van der Waals surface area contributed by atoms with Crippen molar-refractivity contribution in [1.82, 2.24) is 30.4 Å². The smallest absolute Gasteiger partial charge is 0.321 e. The Kier molecular flexibility index (Phi) is 5.12. The van der Waals surface area contributed by atoms with Gasteiger partial charge in [0.2, 0.25) is 5.91 Å². The number of rotatable bonds is 4. The molecule has 0 aliphatic carbocycles. The average Bonchev–Trinajstić information content (AvgIpc) is 3.07. The van der Waals surface area contributed by atoms with E-state index in [0.717, 1.165) is 0 Å². The minimum atomic E-state index is -0.570. The number of carbonyl (C=O) groups excluding carboxylic acids is 2. The van der Waals surface area contributed by atoms with Crippen molar-refractivity contribution in [1.29, 1.82) is 0 Å². The van der Waals surface area contributed by atoms with E-state index in [-0.39, 0.29) is 5.82 Å². The second-order valence-electron chi connectivity index (χ2n) is 5.28. The lowest BCUT2D eigenvalue weighted by molar-refractivity contribution is -0.119. The second-order valence-corrected chi connectivity index (χ2v) is 6.61. The van der Waals surface area contributed by atoms with Gasteiger partial charge in [-0.3, -0.25) is 10.1 Å². The summed E-state index contributed by atoms with van der Waals surface area (Å²) < 4.78 is 14.7. The average molecular weight is 374 g/mol. The Morgan fingerprint density at radius 2 is 1.96 bits per heavy atom. The Balaban J connectivity index is 1.88. The SMILES string of the molecule is CNC(=O)NC(=O)[C@H](C)Sc1ncnc2c1cnn2-c1ccc(F)cc1. The first-order chi connectivity index (χ1) is 12.5. The van der Waals surface area contributed by atoms with Crippen LogP contribution in [0.15, 0.2) is 41.8 Å². The van der Waals surface area contributed by atoms with Crippen LogP contribution in [0.25, 0.3) is 16.7 Å². The molecular weight excluding hydrogens is 359 g/mol. The largest absolute Gasteiger partial charge is 0.341 e. The molecule has 0 saturated carbocycles. The van der Waals surface area contributed by atoms with Gasteiger partial charge in [-0.1, -0.05) is 11.8 Å². The molecule has 8 nitrogen and oxygen atoms in total. The van der Waals surface area contributed by atoms with Gasteiger partial charge in [-0.05, 0) is 31.2 Å². The molecule has 1 aromatic carbocycles. The van der Waals surface area contributed by atoms with E-state index in [0.29, 0.717) is 21.7 Å². The fraction of sp³-hybridized carbons (Fsp3) is 0.188. The molecule has 0 bridgehead atoms. The molecule has 2 N–H and O–H groups in total. The summed E-state index contributed by atoms with van der Waals surface area (Å²) >= 11 is 1.19. The molecular formula is C16H15FN6O2S. The fourth-order valence-corrected chi connectivity index (χ4v) is 3.06. The summed E-state index contributed by atoms with van der Waals surface area (Å²) in [4.78, 5) is 31.7. The van der Waals surface area contributed by atoms with Gasteiger partial charge < -0.3 is 5.32 Å². The van der Waals surface area contributed by atoms with E-state index in [1.165, 1.54) is 37.3 Å². The number of fused-ring (bicyclic) bond motifs is 1. The highest BCUT2D eigenvalue weighted by molar-refractivity contribution is 8.00. The van der Waals surface area contributed by atoms with Crippen LogP contribution in [0, 0.1) is 5.82 Å². The standard InChI is InChI=1S/C16H15FN6O2S/c1-9(14(24)22-16(25)18-2)26-15-12-7-21-23(13(12)19-8-20-15)11-5-3-10(17)4-6-11/h3-9H,1-2H3,(H2,18,22,24,25)/t9-/m0/s1. The molecule has 0 aliphatic rings. The minimum Gasteiger partial charge on any atom is -0.341 e. The van der Waals surface area contributed by atoms with Gasteiger partial charge in [-0.25, -0.2) is 23.8 Å². The molecule has 0 unspecified atom stereocenters. The molecule has 26 heavy (non-hydrogen) atoms. The normalized spacial score (nSPS) is 12.0. The van der Waals surface area contributed by atoms with Crippen molar-refractivity contribution < 1.29 is 14.0 Å². The van der Waals surface area contributed by atoms with Gasteiger partial charge >= 0.3 is 6.03 Å². The number of nitrogens with one attached hydrogen (secondary N) is 2. The molecule has 134 valence electrons. The van der Waals surface area contributed by atoms with Crippen LogP contribution in [0.3, 0.4) is 0 Å². The van der Waals surface area contributed by atoms with Gasteiger partial charge in [0.1, 0.15) is 17.2 Å². The van der Waals surface area contributed by atoms with Crippen molar-refractivity contribution in [2.24, 2.45) is 0 Å². The van der Waals surface area contributed by atoms with Gasteiger partial charge in [0.15, 0.2) is 5.65 Å². The molecule has 3 rings (SSSR count). The van der Waals surface area contributed by atoms with Gasteiger partial charge in [0, 0.05) is 7.05 Å². The Bertz CT molecular complexity index is 959. The minimum absolute atomic E-state index is 0.341. The Hall–Kier alpha value is -3.01. The highest BCUT2D eigenvalue weighted by Crippen LogP contribution is 2.28. The lowest BCUT2D eigenvalue weighted by atomic mass is 10.3. The van der Waals surface area contributed by atoms with Crippen LogP contribution in [0.2, 0.25) is 0 Å². The topological polar surface area (TPSA) is 102 Å². The lowest BCUT2D eigenvalue weighted by Crippen LogP contribution is -2.41. The van der Waals surface area contributed by atoms with Crippen molar-refractivity contribution in [2.45, 2.75) is 17.2 Å². The zero-order chi connectivity index (χ0) is 18.7. The molecule has 1 atom stereocenters. The molecule has 0 fully saturated rings. The number of imide groups is 1. The van der Waals surface area contributed by atoms with Crippen molar-refractivity contribution in [3.63, 3.8) is 0 Å². The van der Waals surface area contributed by atoms with Crippen molar-refractivity contribution in [3.05, 3.63) is 42.6 Å². The number of nitrogens with zero attached hydrogens (tertiary/aromatic N) is 4. The molecule has 2 aromatic heterocycles. The number of aromatic nitrogens is 4. The van der Waals surface area contributed by atoms with E-state index in [9.17, 15) is 14.0 Å². The van der Waals surface area contributed by atoms with E-state index in [1.54, 1.807) is 29.9 Å². The number of urea groups is 1. The highest BCUT2D eigenvalue weighted by atomic mass is 32.2. The maximum absolute atomic E-state index is 13.1. The summed E-state index contributed by atoms with van der Waals surface area (Å²) in [6.07, 6.45) is 2.96. The summed E-state index contributed by atoms with van der Waals surface area (Å²) in [6, 6.07) is 5.29. The zero-order valence-corrected chi connectivity index (χ0v) is 14.7. The molecule has 0 radical (unpaired) electrons. The highest BCUT2D eigenvalue weighted by Gasteiger charge is 2.20. The third-order valence-corrected chi connectivity index (χ3v) is 4.64. The number of hydrogen-bond acceptors (Lipinski definition) is 6. The van der Waals surface area contributed by atoms with E-state index >= 15 is 0 Å². The van der Waals surface area contributed by atoms with Crippen LogP contribution in [0.4, 0.5) is 9.18 Å². The number of carbonyl (C=O) groups is 2. The summed E-state index contributed by atoms with van der Waals surface area (Å²) in [5.74, 6) is -0.779. The molecule has 0 spiro atoms. The van der Waals surface area contributed by atoms with E-state index in [4.69, 9.17) is 0 Å². The first kappa shape index (κ1) is 17.8. The summed E-state index contributed by atoms with van der Waals surface area (Å²) in [5.41, 5.74) is 1.19. The van der Waals surface area contributed by atoms with Gasteiger partial charge in [0.25, 0.3) is 0 Å². The number of halogens is 1. The van der Waals surface area contributed by atoms with Gasteiger partial charge in [0.05, 0.1) is 22.5 Å². The molecule has 2 heterocycles. The first-order valence-corrected chi connectivity index (χ1v) is 8.51. The molecule has 3 aromatic rings. The van der Waals surface area contributed by atoms with E-state index in [1.807, 2.05) is 0 Å². The summed E-state index contributed by atoms with van der Waals surface area (Å²) in [6.45, 7) is 1.67. The first-order valence-electron chi connectivity index (χ1n) is 7.63. The van der Waals surface area contributed by atoms with Crippen molar-refractivity contribution >= 4 is 34.7 Å². The fourth-order valence-electron chi connectivity index (χ4n) is 2.18. The Morgan fingerprint density at radius 1 is 1.23 bits per heavy atom. The van der Waals surface area contributed by atoms with Gasteiger partial charge in [-0.2, -0.15) is 5.10 Å². The van der Waals surface area contributed by atoms with E-state index in [2.05, 4.69) is 25.7 Å². The quantitative estimate of drug-likeness (QED) is 0.534. The van der Waals surface area contributed by atoms with Crippen molar-refractivity contribution in [2.75, 3.05) is 7.05 Å². The third-order valence-electron chi connectivity index (χ3n) is 3.52. The third kappa shape index (κ3) is 3.64. The van der Waals surface area contributed by atoms with Crippen LogP contribution >= 0.6 is 11.8 Å². The number of hydrogen-bond donors (Lipinski definition) is 2. The summed E-state index contributed by atoms with van der Waals surface area (Å²) in [5, 5.41) is 9.49. The number of amides is 3. The number of benzene rings is 1. The summed E-state index contributed by atoms with van der Waals surface area (Å²) in [7, 11) is 1.43. The molecule has 0 aliphatic heterocycles. The lowest BCUT2D eigenvalue weighted by Gasteiger charge is -2.10. The number of thioether (sulfide) groups is 1. The Morgan fingerprint density at radius 3 is 2.65 bits per heavy atom. The van der Waals surface area contributed by atoms with Crippen LogP contribution in [0.5, 0.6) is 0 Å². The predicted octanol–water partition coefficient (Wildman–Crippen LogP) is 1.89. The second kappa shape index (κ2) is 7.48. The van der Waals surface area contributed by atoms with E-state index < -0.39 is 17.2 Å². The van der Waals surface area contributed by atoms with Crippen LogP contribution < -0.4 is 10.6 Å². The maximum atomic E-state index is 13.1. The van der Waals surface area contributed by atoms with Gasteiger partial charge in [-0.15, -0.1) is 0 Å². The molecule has 10 heteroatoms. The van der Waals surface area contributed by atoms with Crippen LogP contribution in [-0.4, -0.2) is 44.0 Å².